The number of carbonyl (C=O) groups excluding carboxylic acids is 2. The van der Waals surface area contributed by atoms with Crippen LogP contribution in [-0.4, -0.2) is 25.0 Å². The second kappa shape index (κ2) is 10.8. The summed E-state index contributed by atoms with van der Waals surface area (Å²) < 4.78 is 13.4. The van der Waals surface area contributed by atoms with E-state index in [1.54, 1.807) is 36.4 Å². The first kappa shape index (κ1) is 23.9. The van der Waals surface area contributed by atoms with Crippen LogP contribution in [0.25, 0.3) is 0 Å². The van der Waals surface area contributed by atoms with E-state index >= 15 is 0 Å². The van der Waals surface area contributed by atoms with Crippen molar-refractivity contribution in [3.63, 3.8) is 0 Å². The molecule has 34 heavy (non-hydrogen) atoms. The topological polar surface area (TPSA) is 73.5 Å². The van der Waals surface area contributed by atoms with Crippen LogP contribution in [0.4, 0.5) is 31.9 Å². The van der Waals surface area contributed by atoms with Gasteiger partial charge in [-0.3, -0.25) is 4.79 Å². The number of benzene rings is 3. The predicted molar refractivity (Wildman–Crippen MR) is 136 cm³/mol. The predicted octanol–water partition coefficient (Wildman–Crippen LogP) is 7.02. The maximum absolute atomic E-state index is 13.4. The maximum Gasteiger partial charge on any atom is 0.323 e. The average molecular weight is 501 g/mol. The zero-order valence-electron chi connectivity index (χ0n) is 18.2. The van der Waals surface area contributed by atoms with Gasteiger partial charge in [-0.15, -0.1) is 0 Å². The molecule has 9 heteroatoms. The Balaban J connectivity index is 1.57. The summed E-state index contributed by atoms with van der Waals surface area (Å²) in [5, 5.41) is 8.60. The van der Waals surface area contributed by atoms with E-state index in [-0.39, 0.29) is 10.9 Å². The van der Waals surface area contributed by atoms with E-state index in [1.807, 2.05) is 6.07 Å². The number of nitrogens with zero attached hydrogens (tertiary/aromatic N) is 1. The highest BCUT2D eigenvalue weighted by molar-refractivity contribution is 6.34. The molecular weight excluding hydrogens is 478 g/mol. The lowest BCUT2D eigenvalue weighted by Crippen LogP contribution is -2.31. The molecule has 3 N–H and O–H groups in total. The lowest BCUT2D eigenvalue weighted by molar-refractivity contribution is 0.102. The van der Waals surface area contributed by atoms with Crippen LogP contribution >= 0.6 is 23.2 Å². The number of piperidine rings is 1. The molecule has 1 heterocycles. The van der Waals surface area contributed by atoms with Crippen molar-refractivity contribution in [2.75, 3.05) is 33.9 Å². The van der Waals surface area contributed by atoms with Gasteiger partial charge in [0.15, 0.2) is 0 Å². The summed E-state index contributed by atoms with van der Waals surface area (Å²) in [5.41, 5.74) is 2.59. The number of hydrogen-bond acceptors (Lipinski definition) is 3. The molecule has 0 aliphatic carbocycles. The molecule has 176 valence electrons. The van der Waals surface area contributed by atoms with Gasteiger partial charge in [-0.25, -0.2) is 9.18 Å². The van der Waals surface area contributed by atoms with Crippen LogP contribution in [0.15, 0.2) is 60.7 Å². The highest BCUT2D eigenvalue weighted by Gasteiger charge is 2.18. The van der Waals surface area contributed by atoms with Crippen molar-refractivity contribution in [1.29, 1.82) is 0 Å². The van der Waals surface area contributed by atoms with Gasteiger partial charge in [-0.1, -0.05) is 35.3 Å². The van der Waals surface area contributed by atoms with E-state index in [2.05, 4.69) is 20.9 Å². The van der Waals surface area contributed by atoms with Crippen molar-refractivity contribution in [2.45, 2.75) is 19.3 Å². The number of hydrogen-bond donors (Lipinski definition) is 3. The van der Waals surface area contributed by atoms with Crippen molar-refractivity contribution in [3.05, 3.63) is 82.1 Å². The van der Waals surface area contributed by atoms with E-state index in [9.17, 15) is 14.0 Å². The van der Waals surface area contributed by atoms with Crippen LogP contribution in [0.3, 0.4) is 0 Å². The van der Waals surface area contributed by atoms with Crippen LogP contribution in [-0.2, 0) is 0 Å². The van der Waals surface area contributed by atoms with Gasteiger partial charge in [0.25, 0.3) is 5.91 Å². The largest absolute Gasteiger partial charge is 0.370 e. The molecule has 3 aromatic rings. The Morgan fingerprint density at radius 1 is 0.794 bits per heavy atom. The standard InChI is InChI=1S/C25H23Cl2FN4O2/c26-19-7-3-2-6-18(19)24(33)29-17-9-11-23(32-12-4-1-5-13-32)22(15-17)31-25(34)30-16-8-10-21(28)20(27)14-16/h2-3,6-11,14-15H,1,4-5,12-13H2,(H,29,33)(H2,30,31,34). The van der Waals surface area contributed by atoms with Gasteiger partial charge in [0.2, 0.25) is 0 Å². The molecule has 3 aromatic carbocycles. The minimum Gasteiger partial charge on any atom is -0.370 e. The number of carbonyl (C=O) groups is 2. The smallest absolute Gasteiger partial charge is 0.323 e. The first-order valence-corrected chi connectivity index (χ1v) is 11.6. The van der Waals surface area contributed by atoms with Gasteiger partial charge in [-0.2, -0.15) is 0 Å². The van der Waals surface area contributed by atoms with E-state index in [0.29, 0.717) is 27.6 Å². The van der Waals surface area contributed by atoms with Crippen LogP contribution in [0, 0.1) is 5.82 Å². The zero-order valence-corrected chi connectivity index (χ0v) is 19.7. The molecule has 3 amide bonds. The van der Waals surface area contributed by atoms with Crippen molar-refractivity contribution in [1.82, 2.24) is 0 Å². The van der Waals surface area contributed by atoms with Crippen LogP contribution in [0.2, 0.25) is 10.0 Å². The maximum atomic E-state index is 13.4. The summed E-state index contributed by atoms with van der Waals surface area (Å²) in [7, 11) is 0. The Bertz CT molecular complexity index is 1220. The Morgan fingerprint density at radius 3 is 2.24 bits per heavy atom. The molecule has 0 radical (unpaired) electrons. The fourth-order valence-corrected chi connectivity index (χ4v) is 4.23. The summed E-state index contributed by atoms with van der Waals surface area (Å²) in [5.74, 6) is -0.922. The number of nitrogens with one attached hydrogen (secondary N) is 3. The van der Waals surface area contributed by atoms with Crippen LogP contribution in [0.1, 0.15) is 29.6 Å². The third kappa shape index (κ3) is 5.79. The molecule has 1 saturated heterocycles. The van der Waals surface area contributed by atoms with E-state index < -0.39 is 11.8 Å². The molecule has 1 aliphatic rings. The van der Waals surface area contributed by atoms with Crippen molar-refractivity contribution >= 4 is 57.9 Å². The number of amides is 3. The highest BCUT2D eigenvalue weighted by atomic mass is 35.5. The molecule has 0 unspecified atom stereocenters. The molecule has 0 spiro atoms. The monoisotopic (exact) mass is 500 g/mol. The fourth-order valence-electron chi connectivity index (χ4n) is 3.83. The number of halogens is 3. The second-order valence-electron chi connectivity index (χ2n) is 7.92. The van der Waals surface area contributed by atoms with Gasteiger partial charge in [0.05, 0.1) is 27.0 Å². The summed E-state index contributed by atoms with van der Waals surface area (Å²) in [4.78, 5) is 27.6. The molecule has 0 bridgehead atoms. The van der Waals surface area contributed by atoms with Crippen LogP contribution in [0.5, 0.6) is 0 Å². The lowest BCUT2D eigenvalue weighted by atomic mass is 10.1. The number of rotatable bonds is 5. The minimum absolute atomic E-state index is 0.0870. The first-order chi connectivity index (χ1) is 16.4. The van der Waals surface area contributed by atoms with Gasteiger partial charge < -0.3 is 20.9 Å². The Kier molecular flexibility index (Phi) is 7.55. The Morgan fingerprint density at radius 2 is 1.50 bits per heavy atom. The van der Waals surface area contributed by atoms with Crippen LogP contribution < -0.4 is 20.9 Å². The highest BCUT2D eigenvalue weighted by Crippen LogP contribution is 2.32. The van der Waals surface area contributed by atoms with Gasteiger partial charge in [-0.05, 0) is 67.8 Å². The molecule has 0 saturated carbocycles. The van der Waals surface area contributed by atoms with Gasteiger partial charge in [0, 0.05) is 24.5 Å². The summed E-state index contributed by atoms with van der Waals surface area (Å²) >= 11 is 12.0. The van der Waals surface area contributed by atoms with E-state index in [0.717, 1.165) is 38.0 Å². The van der Waals surface area contributed by atoms with Crippen molar-refractivity contribution in [3.8, 4) is 0 Å². The minimum atomic E-state index is -0.568. The van der Waals surface area contributed by atoms with E-state index in [4.69, 9.17) is 23.2 Å². The third-order valence-corrected chi connectivity index (χ3v) is 6.11. The van der Waals surface area contributed by atoms with Gasteiger partial charge in [0.1, 0.15) is 5.82 Å². The SMILES string of the molecule is O=C(Nc1ccc(F)c(Cl)c1)Nc1cc(NC(=O)c2ccccc2Cl)ccc1N1CCCCC1. The summed E-state index contributed by atoms with van der Waals surface area (Å²) in [6.07, 6.45) is 3.28. The Hall–Kier alpha value is -3.29. The third-order valence-electron chi connectivity index (χ3n) is 5.50. The second-order valence-corrected chi connectivity index (χ2v) is 8.74. The van der Waals surface area contributed by atoms with Crippen molar-refractivity contribution in [2.24, 2.45) is 0 Å². The number of anilines is 4. The molecule has 0 aromatic heterocycles. The fraction of sp³-hybridized carbons (Fsp3) is 0.200. The average Bonchev–Trinajstić information content (AvgIpc) is 2.82. The molecule has 1 fully saturated rings. The molecule has 1 aliphatic heterocycles. The zero-order chi connectivity index (χ0) is 24.1. The summed E-state index contributed by atoms with van der Waals surface area (Å²) in [6.45, 7) is 1.74. The lowest BCUT2D eigenvalue weighted by Gasteiger charge is -2.31. The molecule has 4 rings (SSSR count). The molecular formula is C25H23Cl2FN4O2. The van der Waals surface area contributed by atoms with Gasteiger partial charge >= 0.3 is 6.03 Å². The molecule has 0 atom stereocenters. The molecule has 6 nitrogen and oxygen atoms in total. The number of urea groups is 1. The summed E-state index contributed by atoms with van der Waals surface area (Å²) in [6, 6.07) is 15.6. The first-order valence-electron chi connectivity index (χ1n) is 10.9. The van der Waals surface area contributed by atoms with Crippen molar-refractivity contribution < 1.29 is 14.0 Å². The quantitative estimate of drug-likeness (QED) is 0.352. The Labute approximate surface area is 207 Å². The van der Waals surface area contributed by atoms with E-state index in [1.165, 1.54) is 18.2 Å². The normalized spacial score (nSPS) is 13.3.